The Morgan fingerprint density at radius 2 is 1.53 bits per heavy atom. The highest BCUT2D eigenvalue weighted by molar-refractivity contribution is 6.27. The zero-order chi connectivity index (χ0) is 25.9. The van der Waals surface area contributed by atoms with Crippen molar-refractivity contribution in [1.82, 2.24) is 9.88 Å². The molecule has 188 valence electrons. The van der Waals surface area contributed by atoms with Gasteiger partial charge in [0.1, 0.15) is 11.6 Å². The number of aromatic nitrogens is 1. The van der Waals surface area contributed by atoms with Gasteiger partial charge in [-0.05, 0) is 54.1 Å². The average molecular weight is 493 g/mol. The third-order valence-electron chi connectivity index (χ3n) is 5.50. The molecule has 2 heterocycles. The Morgan fingerprint density at radius 3 is 2.06 bits per heavy atom. The maximum Gasteiger partial charge on any atom is 0.414 e. The Kier molecular flexibility index (Phi) is 9.35. The third kappa shape index (κ3) is 7.81. The lowest BCUT2D eigenvalue weighted by atomic mass is 10.1. The second-order valence-electron chi connectivity index (χ2n) is 7.94. The Hall–Kier alpha value is -4.44. The van der Waals surface area contributed by atoms with Crippen LogP contribution in [-0.2, 0) is 16.1 Å². The maximum absolute atomic E-state index is 12.5. The molecule has 1 aliphatic heterocycles. The molecule has 0 bridgehead atoms. The molecule has 1 aliphatic rings. The molecule has 0 atom stereocenters. The molecular formula is C26H28N4O6. The Labute approximate surface area is 208 Å². The summed E-state index contributed by atoms with van der Waals surface area (Å²) in [7, 11) is 1.62. The smallest absolute Gasteiger partial charge is 0.414 e. The predicted molar refractivity (Wildman–Crippen MR) is 134 cm³/mol. The molecule has 4 rings (SSSR count). The van der Waals surface area contributed by atoms with Crippen molar-refractivity contribution in [1.29, 1.82) is 0 Å². The van der Waals surface area contributed by atoms with Gasteiger partial charge in [-0.15, -0.1) is 0 Å². The summed E-state index contributed by atoms with van der Waals surface area (Å²) in [6.45, 7) is 4.82. The van der Waals surface area contributed by atoms with Crippen LogP contribution in [0.5, 0.6) is 5.75 Å². The number of hydrogen-bond donors (Lipinski definition) is 3. The summed E-state index contributed by atoms with van der Waals surface area (Å²) >= 11 is 0. The van der Waals surface area contributed by atoms with Gasteiger partial charge < -0.3 is 25.2 Å². The number of ether oxygens (including phenoxy) is 1. The Morgan fingerprint density at radius 1 is 0.889 bits per heavy atom. The van der Waals surface area contributed by atoms with Crippen molar-refractivity contribution >= 4 is 29.4 Å². The van der Waals surface area contributed by atoms with Crippen LogP contribution in [-0.4, -0.2) is 71.2 Å². The van der Waals surface area contributed by atoms with Gasteiger partial charge in [0.05, 0.1) is 7.11 Å². The summed E-state index contributed by atoms with van der Waals surface area (Å²) in [5.74, 6) is -1.96. The van der Waals surface area contributed by atoms with Gasteiger partial charge in [-0.3, -0.25) is 9.69 Å². The molecule has 10 heteroatoms. The first kappa shape index (κ1) is 26.2. The number of aliphatic carboxylic acids is 2. The number of rotatable bonds is 6. The SMILES string of the molecule is COc1ccc(NC(=O)c2ccc(CN3CCN(c4ccccn4)CC3)cc2)cc1.O=C(O)C(=O)O. The summed E-state index contributed by atoms with van der Waals surface area (Å²) < 4.78 is 5.14. The zero-order valence-electron chi connectivity index (χ0n) is 19.8. The lowest BCUT2D eigenvalue weighted by Crippen LogP contribution is -2.46. The van der Waals surface area contributed by atoms with Gasteiger partial charge in [0.15, 0.2) is 0 Å². The van der Waals surface area contributed by atoms with Crippen molar-refractivity contribution in [2.45, 2.75) is 6.54 Å². The number of carboxylic acids is 2. The van der Waals surface area contributed by atoms with Crippen LogP contribution in [0, 0.1) is 0 Å². The molecule has 0 saturated carbocycles. The van der Waals surface area contributed by atoms with Gasteiger partial charge in [-0.2, -0.15) is 0 Å². The molecule has 3 aromatic rings. The minimum Gasteiger partial charge on any atom is -0.497 e. The van der Waals surface area contributed by atoms with E-state index >= 15 is 0 Å². The van der Waals surface area contributed by atoms with Crippen LogP contribution in [0.3, 0.4) is 0 Å². The fourth-order valence-corrected chi connectivity index (χ4v) is 3.57. The van der Waals surface area contributed by atoms with Crippen molar-refractivity contribution in [2.24, 2.45) is 0 Å². The molecule has 1 aromatic heterocycles. The summed E-state index contributed by atoms with van der Waals surface area (Å²) in [5.41, 5.74) is 2.60. The van der Waals surface area contributed by atoms with E-state index in [1.54, 1.807) is 7.11 Å². The van der Waals surface area contributed by atoms with E-state index in [2.05, 4.69) is 26.2 Å². The van der Waals surface area contributed by atoms with E-state index in [9.17, 15) is 4.79 Å². The fraction of sp³-hybridized carbons (Fsp3) is 0.231. The lowest BCUT2D eigenvalue weighted by molar-refractivity contribution is -0.159. The lowest BCUT2D eigenvalue weighted by Gasteiger charge is -2.35. The van der Waals surface area contributed by atoms with Crippen LogP contribution in [0.2, 0.25) is 0 Å². The van der Waals surface area contributed by atoms with Gasteiger partial charge >= 0.3 is 11.9 Å². The van der Waals surface area contributed by atoms with Crippen molar-refractivity contribution in [3.8, 4) is 5.75 Å². The third-order valence-corrected chi connectivity index (χ3v) is 5.50. The number of hydrogen-bond acceptors (Lipinski definition) is 7. The van der Waals surface area contributed by atoms with E-state index in [1.165, 1.54) is 5.56 Å². The van der Waals surface area contributed by atoms with E-state index in [-0.39, 0.29) is 5.91 Å². The number of benzene rings is 2. The molecule has 0 radical (unpaired) electrons. The van der Waals surface area contributed by atoms with Crippen LogP contribution in [0.25, 0.3) is 0 Å². The first-order chi connectivity index (χ1) is 17.4. The number of carbonyl (C=O) groups excluding carboxylic acids is 1. The molecular weight excluding hydrogens is 464 g/mol. The molecule has 0 spiro atoms. The van der Waals surface area contributed by atoms with E-state index in [1.807, 2.05) is 66.9 Å². The minimum absolute atomic E-state index is 0.115. The number of pyridine rings is 1. The molecule has 1 saturated heterocycles. The zero-order valence-corrected chi connectivity index (χ0v) is 19.8. The molecule has 0 unspecified atom stereocenters. The summed E-state index contributed by atoms with van der Waals surface area (Å²) in [6.07, 6.45) is 1.84. The van der Waals surface area contributed by atoms with Crippen molar-refractivity contribution in [3.05, 3.63) is 84.1 Å². The standard InChI is InChI=1S/C24H26N4O2.C2H2O4/c1-30-22-11-9-21(10-12-22)26-24(29)20-7-5-19(6-8-20)18-27-14-16-28(17-15-27)23-4-2-3-13-25-23;3-1(4)2(5)6/h2-13H,14-18H2,1H3,(H,26,29);(H,3,4)(H,5,6). The second kappa shape index (κ2) is 12.9. The quantitative estimate of drug-likeness (QED) is 0.444. The van der Waals surface area contributed by atoms with Crippen LogP contribution < -0.4 is 15.0 Å². The van der Waals surface area contributed by atoms with E-state index in [0.717, 1.165) is 50.0 Å². The van der Waals surface area contributed by atoms with Crippen molar-refractivity contribution in [2.75, 3.05) is 43.5 Å². The molecule has 36 heavy (non-hydrogen) atoms. The van der Waals surface area contributed by atoms with E-state index in [4.69, 9.17) is 24.5 Å². The molecule has 1 amide bonds. The highest BCUT2D eigenvalue weighted by Gasteiger charge is 2.18. The van der Waals surface area contributed by atoms with Gasteiger partial charge in [0.2, 0.25) is 0 Å². The average Bonchev–Trinajstić information content (AvgIpc) is 2.91. The van der Waals surface area contributed by atoms with Crippen LogP contribution in [0.4, 0.5) is 11.5 Å². The number of nitrogens with one attached hydrogen (secondary N) is 1. The first-order valence-electron chi connectivity index (χ1n) is 11.2. The number of carbonyl (C=O) groups is 3. The van der Waals surface area contributed by atoms with Crippen molar-refractivity contribution < 1.29 is 29.3 Å². The van der Waals surface area contributed by atoms with Gasteiger partial charge in [0.25, 0.3) is 5.91 Å². The maximum atomic E-state index is 12.5. The summed E-state index contributed by atoms with van der Waals surface area (Å²) in [4.78, 5) is 39.9. The number of carboxylic acid groups (broad SMARTS) is 2. The topological polar surface area (TPSA) is 132 Å². The number of piperazine rings is 1. The number of nitrogens with zero attached hydrogens (tertiary/aromatic N) is 3. The number of methoxy groups -OCH3 is 1. The highest BCUT2D eigenvalue weighted by Crippen LogP contribution is 2.17. The Bertz CT molecular complexity index is 1130. The Balaban J connectivity index is 0.000000538. The second-order valence-corrected chi connectivity index (χ2v) is 7.94. The molecule has 1 fully saturated rings. The van der Waals surface area contributed by atoms with Crippen LogP contribution >= 0.6 is 0 Å². The van der Waals surface area contributed by atoms with Crippen LogP contribution in [0.15, 0.2) is 72.9 Å². The molecule has 2 aromatic carbocycles. The molecule has 3 N–H and O–H groups in total. The summed E-state index contributed by atoms with van der Waals surface area (Å²) in [6, 6.07) is 21.2. The predicted octanol–water partition coefficient (Wildman–Crippen LogP) is 2.82. The number of anilines is 2. The molecule has 10 nitrogen and oxygen atoms in total. The van der Waals surface area contributed by atoms with Gasteiger partial charge in [-0.25, -0.2) is 14.6 Å². The first-order valence-corrected chi connectivity index (χ1v) is 11.2. The highest BCUT2D eigenvalue weighted by atomic mass is 16.5. The van der Waals surface area contributed by atoms with Crippen molar-refractivity contribution in [3.63, 3.8) is 0 Å². The number of amides is 1. The monoisotopic (exact) mass is 492 g/mol. The fourth-order valence-electron chi connectivity index (χ4n) is 3.57. The molecule has 0 aliphatic carbocycles. The van der Waals surface area contributed by atoms with E-state index in [0.29, 0.717) is 5.56 Å². The largest absolute Gasteiger partial charge is 0.497 e. The van der Waals surface area contributed by atoms with Gasteiger partial charge in [-0.1, -0.05) is 18.2 Å². The normalized spacial score (nSPS) is 13.2. The summed E-state index contributed by atoms with van der Waals surface area (Å²) in [5, 5.41) is 17.7. The minimum atomic E-state index is -1.82. The van der Waals surface area contributed by atoms with Gasteiger partial charge in [0, 0.05) is 50.2 Å². The van der Waals surface area contributed by atoms with Crippen LogP contribution in [0.1, 0.15) is 15.9 Å². The van der Waals surface area contributed by atoms with E-state index < -0.39 is 11.9 Å².